The molecule has 1 atom stereocenters. The van der Waals surface area contributed by atoms with Gasteiger partial charge in [0.15, 0.2) is 0 Å². The average Bonchev–Trinajstić information content (AvgIpc) is 3.46. The molecule has 1 aromatic rings. The number of rotatable bonds is 8. The molecule has 0 radical (unpaired) electrons. The van der Waals surface area contributed by atoms with E-state index in [1.54, 1.807) is 6.08 Å². The van der Waals surface area contributed by atoms with E-state index >= 15 is 0 Å². The molecular formula is C20H28N4O2. The van der Waals surface area contributed by atoms with Crippen molar-refractivity contribution in [3.05, 3.63) is 48.6 Å². The summed E-state index contributed by atoms with van der Waals surface area (Å²) in [7, 11) is 0. The lowest BCUT2D eigenvalue weighted by atomic mass is 10.0. The highest BCUT2D eigenvalue weighted by atomic mass is 16.2. The molecule has 1 aliphatic carbocycles. The largest absolute Gasteiger partial charge is 0.352 e. The fourth-order valence-corrected chi connectivity index (χ4v) is 3.30. The van der Waals surface area contributed by atoms with Gasteiger partial charge in [0.05, 0.1) is 6.54 Å². The quantitative estimate of drug-likeness (QED) is 0.680. The Hall–Kier alpha value is -2.18. The molecule has 2 fully saturated rings. The van der Waals surface area contributed by atoms with Crippen LogP contribution in [0.4, 0.5) is 0 Å². The Balaban J connectivity index is 1.59. The van der Waals surface area contributed by atoms with Gasteiger partial charge in [-0.2, -0.15) is 0 Å². The van der Waals surface area contributed by atoms with Gasteiger partial charge >= 0.3 is 0 Å². The summed E-state index contributed by atoms with van der Waals surface area (Å²) in [5.74, 6) is 0.111. The van der Waals surface area contributed by atoms with Gasteiger partial charge in [0.1, 0.15) is 6.04 Å². The number of hydrogen-bond donors (Lipinski definition) is 2. The van der Waals surface area contributed by atoms with Crippen LogP contribution in [0.3, 0.4) is 0 Å². The Morgan fingerprint density at radius 1 is 1.15 bits per heavy atom. The van der Waals surface area contributed by atoms with E-state index in [2.05, 4.69) is 27.0 Å². The predicted molar refractivity (Wildman–Crippen MR) is 102 cm³/mol. The standard InChI is InChI=1S/C20H28N4O2/c1-2-10-21-18(25)15-23-11-13-24(14-12-23)19(16-6-4-3-5-7-16)20(26)22-17-8-9-17/h2-7,17,19H,1,8-15H2,(H,21,25)(H,22,26)/t19-/m0/s1. The van der Waals surface area contributed by atoms with E-state index in [9.17, 15) is 9.59 Å². The normalized spacial score (nSPS) is 19.5. The molecule has 1 heterocycles. The predicted octanol–water partition coefficient (Wildman–Crippen LogP) is 0.926. The monoisotopic (exact) mass is 356 g/mol. The molecule has 1 aliphatic heterocycles. The molecule has 6 nitrogen and oxygen atoms in total. The summed E-state index contributed by atoms with van der Waals surface area (Å²) < 4.78 is 0. The maximum Gasteiger partial charge on any atom is 0.242 e. The van der Waals surface area contributed by atoms with E-state index < -0.39 is 0 Å². The van der Waals surface area contributed by atoms with Gasteiger partial charge in [-0.15, -0.1) is 6.58 Å². The minimum Gasteiger partial charge on any atom is -0.352 e. The van der Waals surface area contributed by atoms with Crippen molar-refractivity contribution in [1.29, 1.82) is 0 Å². The van der Waals surface area contributed by atoms with Crippen molar-refractivity contribution in [3.8, 4) is 0 Å². The third-order valence-electron chi connectivity index (χ3n) is 4.87. The van der Waals surface area contributed by atoms with Crippen LogP contribution in [0.25, 0.3) is 0 Å². The van der Waals surface area contributed by atoms with E-state index in [1.165, 1.54) is 0 Å². The van der Waals surface area contributed by atoms with Crippen LogP contribution in [0.15, 0.2) is 43.0 Å². The number of amides is 2. The Kier molecular flexibility index (Phi) is 6.41. The molecule has 1 aromatic carbocycles. The van der Waals surface area contributed by atoms with Crippen LogP contribution in [0.1, 0.15) is 24.4 Å². The van der Waals surface area contributed by atoms with Crippen LogP contribution in [-0.2, 0) is 9.59 Å². The Labute approximate surface area is 155 Å². The summed E-state index contributed by atoms with van der Waals surface area (Å²) >= 11 is 0. The summed E-state index contributed by atoms with van der Waals surface area (Å²) in [4.78, 5) is 29.1. The van der Waals surface area contributed by atoms with Gasteiger partial charge in [-0.05, 0) is 18.4 Å². The maximum atomic E-state index is 12.8. The number of carbonyl (C=O) groups excluding carboxylic acids is 2. The van der Waals surface area contributed by atoms with E-state index in [1.807, 2.05) is 30.3 Å². The molecule has 2 N–H and O–H groups in total. The molecule has 2 amide bonds. The van der Waals surface area contributed by atoms with Crippen LogP contribution in [0, 0.1) is 0 Å². The summed E-state index contributed by atoms with van der Waals surface area (Å²) in [5.41, 5.74) is 1.03. The maximum absolute atomic E-state index is 12.8. The molecule has 6 heteroatoms. The van der Waals surface area contributed by atoms with Crippen molar-refractivity contribution in [1.82, 2.24) is 20.4 Å². The Morgan fingerprint density at radius 3 is 2.46 bits per heavy atom. The average molecular weight is 356 g/mol. The van der Waals surface area contributed by atoms with Crippen molar-refractivity contribution in [2.45, 2.75) is 24.9 Å². The molecule has 1 saturated heterocycles. The fourth-order valence-electron chi connectivity index (χ4n) is 3.30. The van der Waals surface area contributed by atoms with E-state index in [0.717, 1.165) is 44.6 Å². The van der Waals surface area contributed by atoms with Crippen molar-refractivity contribution in [2.24, 2.45) is 0 Å². The second kappa shape index (κ2) is 8.96. The second-order valence-corrected chi connectivity index (χ2v) is 7.00. The highest BCUT2D eigenvalue weighted by molar-refractivity contribution is 5.83. The first-order chi connectivity index (χ1) is 12.7. The lowest BCUT2D eigenvalue weighted by Crippen LogP contribution is -2.52. The molecule has 140 valence electrons. The molecule has 0 aromatic heterocycles. The molecule has 0 unspecified atom stereocenters. The third kappa shape index (κ3) is 5.16. The zero-order chi connectivity index (χ0) is 18.4. The van der Waals surface area contributed by atoms with E-state index in [-0.39, 0.29) is 17.9 Å². The number of benzene rings is 1. The Morgan fingerprint density at radius 2 is 1.85 bits per heavy atom. The summed E-state index contributed by atoms with van der Waals surface area (Å²) in [5, 5.41) is 5.96. The molecule has 0 spiro atoms. The smallest absolute Gasteiger partial charge is 0.242 e. The third-order valence-corrected chi connectivity index (χ3v) is 4.87. The van der Waals surface area contributed by atoms with Gasteiger partial charge in [-0.1, -0.05) is 36.4 Å². The minimum absolute atomic E-state index is 0.0180. The van der Waals surface area contributed by atoms with Crippen LogP contribution in [0.2, 0.25) is 0 Å². The van der Waals surface area contributed by atoms with Crippen LogP contribution in [0.5, 0.6) is 0 Å². The number of nitrogens with zero attached hydrogens (tertiary/aromatic N) is 2. The second-order valence-electron chi connectivity index (χ2n) is 7.00. The van der Waals surface area contributed by atoms with Crippen molar-refractivity contribution in [2.75, 3.05) is 39.3 Å². The van der Waals surface area contributed by atoms with E-state index in [4.69, 9.17) is 0 Å². The van der Waals surface area contributed by atoms with Gasteiger partial charge in [-0.3, -0.25) is 19.4 Å². The SMILES string of the molecule is C=CCNC(=O)CN1CCN([C@H](C(=O)NC2CC2)c2ccccc2)CC1. The molecule has 3 rings (SSSR count). The first-order valence-electron chi connectivity index (χ1n) is 9.36. The van der Waals surface area contributed by atoms with Crippen LogP contribution in [-0.4, -0.2) is 66.9 Å². The van der Waals surface area contributed by atoms with Gasteiger partial charge in [0, 0.05) is 38.8 Å². The number of piperazine rings is 1. The highest BCUT2D eigenvalue weighted by Crippen LogP contribution is 2.25. The molecular weight excluding hydrogens is 328 g/mol. The van der Waals surface area contributed by atoms with Crippen molar-refractivity contribution >= 4 is 11.8 Å². The molecule has 2 aliphatic rings. The first-order valence-corrected chi connectivity index (χ1v) is 9.36. The topological polar surface area (TPSA) is 64.7 Å². The van der Waals surface area contributed by atoms with Crippen LogP contribution >= 0.6 is 0 Å². The molecule has 26 heavy (non-hydrogen) atoms. The summed E-state index contributed by atoms with van der Waals surface area (Å²) in [6.45, 7) is 7.60. The van der Waals surface area contributed by atoms with E-state index in [0.29, 0.717) is 19.1 Å². The first kappa shape index (κ1) is 18.6. The van der Waals surface area contributed by atoms with Crippen molar-refractivity contribution < 1.29 is 9.59 Å². The van der Waals surface area contributed by atoms with Gasteiger partial charge in [0.25, 0.3) is 0 Å². The lowest BCUT2D eigenvalue weighted by Gasteiger charge is -2.38. The zero-order valence-electron chi connectivity index (χ0n) is 15.2. The van der Waals surface area contributed by atoms with Crippen molar-refractivity contribution in [3.63, 3.8) is 0 Å². The molecule has 0 bridgehead atoms. The lowest BCUT2D eigenvalue weighted by molar-refractivity contribution is -0.128. The number of carbonyl (C=O) groups is 2. The summed E-state index contributed by atoms with van der Waals surface area (Å²) in [6, 6.07) is 10.1. The number of nitrogens with one attached hydrogen (secondary N) is 2. The van der Waals surface area contributed by atoms with Gasteiger partial charge in [0.2, 0.25) is 11.8 Å². The molecule has 1 saturated carbocycles. The minimum atomic E-state index is -0.256. The highest BCUT2D eigenvalue weighted by Gasteiger charge is 2.33. The Bertz CT molecular complexity index is 622. The van der Waals surface area contributed by atoms with Gasteiger partial charge in [-0.25, -0.2) is 0 Å². The summed E-state index contributed by atoms with van der Waals surface area (Å²) in [6.07, 6.45) is 3.85. The fraction of sp³-hybridized carbons (Fsp3) is 0.500. The van der Waals surface area contributed by atoms with Crippen LogP contribution < -0.4 is 10.6 Å². The van der Waals surface area contributed by atoms with Gasteiger partial charge < -0.3 is 10.6 Å². The zero-order valence-corrected chi connectivity index (χ0v) is 15.2. The number of hydrogen-bond acceptors (Lipinski definition) is 4.